The van der Waals surface area contributed by atoms with Gasteiger partial charge in [0.2, 0.25) is 0 Å². The number of carbonyl (C=O) groups excluding carboxylic acids is 2. The van der Waals surface area contributed by atoms with Crippen molar-refractivity contribution in [3.63, 3.8) is 0 Å². The Labute approximate surface area is 175 Å². The van der Waals surface area contributed by atoms with Crippen molar-refractivity contribution in [1.82, 2.24) is 4.90 Å². The average molecular weight is 399 g/mol. The highest BCUT2D eigenvalue weighted by molar-refractivity contribution is 5.93. The van der Waals surface area contributed by atoms with Crippen molar-refractivity contribution >= 4 is 12.1 Å². The molecule has 5 nitrogen and oxygen atoms in total. The van der Waals surface area contributed by atoms with Crippen LogP contribution in [0.15, 0.2) is 103 Å². The number of cyclic esters (lactones) is 1. The second kappa shape index (κ2) is 8.66. The maximum absolute atomic E-state index is 13.1. The van der Waals surface area contributed by atoms with Gasteiger partial charge in [-0.15, -0.1) is 0 Å². The first-order valence-corrected chi connectivity index (χ1v) is 9.65. The van der Waals surface area contributed by atoms with Crippen molar-refractivity contribution in [2.24, 2.45) is 0 Å². The summed E-state index contributed by atoms with van der Waals surface area (Å²) in [4.78, 5) is 27.0. The normalized spacial score (nSPS) is 18.6. The van der Waals surface area contributed by atoms with Gasteiger partial charge in [0.15, 0.2) is 6.10 Å². The highest BCUT2D eigenvalue weighted by Gasteiger charge is 2.44. The molecular formula is C25H21NO4. The third-order valence-corrected chi connectivity index (χ3v) is 5.00. The van der Waals surface area contributed by atoms with Gasteiger partial charge < -0.3 is 9.47 Å². The number of carbonyl (C=O) groups is 2. The molecule has 3 aromatic rings. The second-order valence-corrected chi connectivity index (χ2v) is 6.95. The summed E-state index contributed by atoms with van der Waals surface area (Å²) in [7, 11) is 0. The van der Waals surface area contributed by atoms with E-state index in [1.54, 1.807) is 0 Å². The molecule has 150 valence electrons. The van der Waals surface area contributed by atoms with Gasteiger partial charge in [-0.3, -0.25) is 4.90 Å². The summed E-state index contributed by atoms with van der Waals surface area (Å²) in [5.41, 5.74) is 2.41. The van der Waals surface area contributed by atoms with Crippen molar-refractivity contribution < 1.29 is 19.1 Å². The summed E-state index contributed by atoms with van der Waals surface area (Å²) < 4.78 is 11.2. The number of amides is 1. The molecule has 1 aliphatic rings. The molecule has 4 rings (SSSR count). The van der Waals surface area contributed by atoms with Crippen LogP contribution in [0.5, 0.6) is 0 Å². The molecule has 1 fully saturated rings. The Morgan fingerprint density at radius 1 is 0.867 bits per heavy atom. The zero-order chi connectivity index (χ0) is 20.9. The smallest absolute Gasteiger partial charge is 0.415 e. The van der Waals surface area contributed by atoms with E-state index < -0.39 is 24.2 Å². The monoisotopic (exact) mass is 399 g/mol. The van der Waals surface area contributed by atoms with Gasteiger partial charge in [0.1, 0.15) is 18.3 Å². The van der Waals surface area contributed by atoms with Crippen molar-refractivity contribution in [3.05, 3.63) is 120 Å². The molecule has 3 aromatic carbocycles. The summed E-state index contributed by atoms with van der Waals surface area (Å²) in [6.07, 6.45) is -1.33. The van der Waals surface area contributed by atoms with Gasteiger partial charge in [-0.1, -0.05) is 97.6 Å². The SMILES string of the molecule is C=C1C(=O)O[C@@H](c2ccccc2)[C@@H](c2ccccc2)N1C(=O)OCc1ccccc1. The van der Waals surface area contributed by atoms with Gasteiger partial charge in [0, 0.05) is 0 Å². The van der Waals surface area contributed by atoms with Crippen LogP contribution in [0.1, 0.15) is 28.8 Å². The fourth-order valence-corrected chi connectivity index (χ4v) is 3.53. The quantitative estimate of drug-likeness (QED) is 0.448. The van der Waals surface area contributed by atoms with Crippen LogP contribution in [-0.2, 0) is 20.9 Å². The maximum atomic E-state index is 13.1. The fraction of sp³-hybridized carbons (Fsp3) is 0.120. The molecule has 0 N–H and O–H groups in total. The van der Waals surface area contributed by atoms with E-state index in [9.17, 15) is 9.59 Å². The van der Waals surface area contributed by atoms with Crippen LogP contribution < -0.4 is 0 Å². The van der Waals surface area contributed by atoms with Gasteiger partial charge in [-0.2, -0.15) is 0 Å². The molecule has 0 saturated carbocycles. The Hall–Kier alpha value is -3.86. The first-order valence-electron chi connectivity index (χ1n) is 9.65. The van der Waals surface area contributed by atoms with E-state index in [4.69, 9.17) is 9.47 Å². The minimum Gasteiger partial charge on any atom is -0.450 e. The predicted molar refractivity (Wildman–Crippen MR) is 112 cm³/mol. The molecule has 2 atom stereocenters. The van der Waals surface area contributed by atoms with Crippen LogP contribution in [0.2, 0.25) is 0 Å². The molecular weight excluding hydrogens is 378 g/mol. The number of ether oxygens (including phenoxy) is 2. The summed E-state index contributed by atoms with van der Waals surface area (Å²) in [5, 5.41) is 0. The highest BCUT2D eigenvalue weighted by Crippen LogP contribution is 2.43. The largest absolute Gasteiger partial charge is 0.450 e. The third kappa shape index (κ3) is 3.96. The van der Waals surface area contributed by atoms with E-state index in [0.717, 1.165) is 16.7 Å². The molecule has 1 heterocycles. The molecule has 5 heteroatoms. The number of hydrogen-bond acceptors (Lipinski definition) is 4. The van der Waals surface area contributed by atoms with E-state index in [-0.39, 0.29) is 12.3 Å². The number of nitrogens with zero attached hydrogens (tertiary/aromatic N) is 1. The van der Waals surface area contributed by atoms with E-state index in [1.165, 1.54) is 4.90 Å². The van der Waals surface area contributed by atoms with Gasteiger partial charge >= 0.3 is 12.1 Å². The minimum absolute atomic E-state index is 0.0471. The zero-order valence-electron chi connectivity index (χ0n) is 16.3. The number of benzene rings is 3. The van der Waals surface area contributed by atoms with Crippen LogP contribution in [0.4, 0.5) is 4.79 Å². The third-order valence-electron chi connectivity index (χ3n) is 5.00. The molecule has 1 amide bonds. The van der Waals surface area contributed by atoms with Crippen molar-refractivity contribution in [2.45, 2.75) is 18.8 Å². The second-order valence-electron chi connectivity index (χ2n) is 6.95. The molecule has 0 spiro atoms. The first-order chi connectivity index (χ1) is 14.6. The molecule has 1 saturated heterocycles. The highest BCUT2D eigenvalue weighted by atomic mass is 16.6. The van der Waals surface area contributed by atoms with Gasteiger partial charge in [0.05, 0.1) is 0 Å². The molecule has 0 unspecified atom stereocenters. The summed E-state index contributed by atoms with van der Waals surface area (Å²) in [6.45, 7) is 3.90. The maximum Gasteiger partial charge on any atom is 0.415 e. The number of esters is 1. The number of hydrogen-bond donors (Lipinski definition) is 0. The van der Waals surface area contributed by atoms with Crippen LogP contribution in [0, 0.1) is 0 Å². The molecule has 30 heavy (non-hydrogen) atoms. The molecule has 0 radical (unpaired) electrons. The fourth-order valence-electron chi connectivity index (χ4n) is 3.53. The van der Waals surface area contributed by atoms with Crippen molar-refractivity contribution in [1.29, 1.82) is 0 Å². The minimum atomic E-state index is -0.684. The van der Waals surface area contributed by atoms with Gasteiger partial charge in [0.25, 0.3) is 0 Å². The molecule has 0 aromatic heterocycles. The van der Waals surface area contributed by atoms with E-state index >= 15 is 0 Å². The Balaban J connectivity index is 1.70. The van der Waals surface area contributed by atoms with Gasteiger partial charge in [-0.25, -0.2) is 9.59 Å². The van der Waals surface area contributed by atoms with Gasteiger partial charge in [-0.05, 0) is 16.7 Å². The average Bonchev–Trinajstić information content (AvgIpc) is 2.80. The lowest BCUT2D eigenvalue weighted by atomic mass is 9.92. The predicted octanol–water partition coefficient (Wildman–Crippen LogP) is 5.18. The summed E-state index contributed by atoms with van der Waals surface area (Å²) in [5.74, 6) is -0.646. The number of rotatable bonds is 4. The van der Waals surface area contributed by atoms with Crippen LogP contribution >= 0.6 is 0 Å². The summed E-state index contributed by atoms with van der Waals surface area (Å²) in [6, 6.07) is 27.6. The van der Waals surface area contributed by atoms with Crippen LogP contribution in [0.25, 0.3) is 0 Å². The first kappa shape index (κ1) is 19.5. The van der Waals surface area contributed by atoms with E-state index in [0.29, 0.717) is 0 Å². The molecule has 0 aliphatic carbocycles. The van der Waals surface area contributed by atoms with Crippen LogP contribution in [-0.4, -0.2) is 17.0 Å². The van der Waals surface area contributed by atoms with E-state index in [1.807, 2.05) is 91.0 Å². The standard InChI is InChI=1S/C25H21NO4/c1-18-24(27)30-23(21-15-9-4-10-16-21)22(20-13-7-3-8-14-20)26(18)25(28)29-17-19-11-5-2-6-12-19/h2-16,22-23H,1,17H2/t22-,23+/m1/s1. The lowest BCUT2D eigenvalue weighted by Crippen LogP contribution is -2.45. The number of morpholine rings is 1. The lowest BCUT2D eigenvalue weighted by molar-refractivity contribution is -0.157. The summed E-state index contributed by atoms with van der Waals surface area (Å²) >= 11 is 0. The molecule has 1 aliphatic heterocycles. The Morgan fingerprint density at radius 3 is 2.00 bits per heavy atom. The van der Waals surface area contributed by atoms with Crippen LogP contribution in [0.3, 0.4) is 0 Å². The Bertz CT molecular complexity index is 1030. The van der Waals surface area contributed by atoms with Crippen molar-refractivity contribution in [3.8, 4) is 0 Å². The Morgan fingerprint density at radius 2 is 1.40 bits per heavy atom. The zero-order valence-corrected chi connectivity index (χ0v) is 16.3. The Kier molecular flexibility index (Phi) is 5.61. The lowest BCUT2D eigenvalue weighted by Gasteiger charge is -2.40. The van der Waals surface area contributed by atoms with E-state index in [2.05, 4.69) is 6.58 Å². The van der Waals surface area contributed by atoms with Crippen molar-refractivity contribution in [2.75, 3.05) is 0 Å². The molecule has 0 bridgehead atoms. The topological polar surface area (TPSA) is 55.8 Å².